The Kier molecular flexibility index (Phi) is 4.79. The molecule has 2 fully saturated rings. The minimum atomic E-state index is -0.351. The fraction of sp³-hybridized carbons (Fsp3) is 0.684. The molecule has 6 nitrogen and oxygen atoms in total. The molecule has 1 spiro atoms. The van der Waals surface area contributed by atoms with Gasteiger partial charge in [-0.15, -0.1) is 11.3 Å². The van der Waals surface area contributed by atoms with Gasteiger partial charge in [0.2, 0.25) is 5.91 Å². The van der Waals surface area contributed by atoms with Crippen LogP contribution in [0.1, 0.15) is 52.7 Å². The number of thiophene rings is 1. The molecule has 2 amide bonds. The number of carbonyl (C=O) groups excluding carboxylic acids is 2. The summed E-state index contributed by atoms with van der Waals surface area (Å²) >= 11 is 1.58. The fourth-order valence-corrected chi connectivity index (χ4v) is 5.74. The third kappa shape index (κ3) is 2.96. The predicted octanol–water partition coefficient (Wildman–Crippen LogP) is 1.76. The van der Waals surface area contributed by atoms with Gasteiger partial charge < -0.3 is 19.6 Å². The van der Waals surface area contributed by atoms with Crippen LogP contribution in [0.3, 0.4) is 0 Å². The first-order chi connectivity index (χ1) is 12.5. The van der Waals surface area contributed by atoms with Crippen LogP contribution in [0.5, 0.6) is 0 Å². The Morgan fingerprint density at radius 1 is 1.35 bits per heavy atom. The van der Waals surface area contributed by atoms with Gasteiger partial charge in [-0.2, -0.15) is 0 Å². The molecule has 26 heavy (non-hydrogen) atoms. The van der Waals surface area contributed by atoms with E-state index < -0.39 is 0 Å². The minimum Gasteiger partial charge on any atom is -0.394 e. The normalized spacial score (nSPS) is 24.8. The number of fused-ring (bicyclic) bond motifs is 2. The van der Waals surface area contributed by atoms with Crippen LogP contribution in [-0.4, -0.2) is 65.6 Å². The second kappa shape index (κ2) is 6.94. The van der Waals surface area contributed by atoms with Gasteiger partial charge in [0.15, 0.2) is 0 Å². The zero-order valence-electron chi connectivity index (χ0n) is 15.2. The zero-order chi connectivity index (χ0) is 18.3. The summed E-state index contributed by atoms with van der Waals surface area (Å²) in [7, 11) is 0. The van der Waals surface area contributed by atoms with Gasteiger partial charge in [-0.05, 0) is 37.3 Å². The summed E-state index contributed by atoms with van der Waals surface area (Å²) in [5, 5.41) is 9.52. The molecular formula is C19H26N2O4S. The Balaban J connectivity index is 1.58. The van der Waals surface area contributed by atoms with Gasteiger partial charge in [-0.3, -0.25) is 9.59 Å². The monoisotopic (exact) mass is 378 g/mol. The van der Waals surface area contributed by atoms with Crippen LogP contribution in [0, 0.1) is 0 Å². The topological polar surface area (TPSA) is 70.1 Å². The lowest BCUT2D eigenvalue weighted by Crippen LogP contribution is -2.47. The van der Waals surface area contributed by atoms with Crippen LogP contribution < -0.4 is 0 Å². The third-order valence-corrected chi connectivity index (χ3v) is 7.27. The number of likely N-dealkylation sites (tertiary alicyclic amines) is 2. The van der Waals surface area contributed by atoms with Crippen LogP contribution in [0.15, 0.2) is 6.07 Å². The molecule has 1 aromatic rings. The summed E-state index contributed by atoms with van der Waals surface area (Å²) in [5.41, 5.74) is 0.802. The molecular weight excluding hydrogens is 352 g/mol. The number of rotatable bonds is 2. The van der Waals surface area contributed by atoms with Crippen molar-refractivity contribution in [2.24, 2.45) is 0 Å². The van der Waals surface area contributed by atoms with E-state index in [2.05, 4.69) is 0 Å². The Labute approximate surface area is 157 Å². The lowest BCUT2D eigenvalue weighted by Gasteiger charge is -2.43. The first-order valence-electron chi connectivity index (χ1n) is 9.48. The van der Waals surface area contributed by atoms with Gasteiger partial charge in [0.25, 0.3) is 5.91 Å². The van der Waals surface area contributed by atoms with Crippen LogP contribution in [0.25, 0.3) is 0 Å². The average Bonchev–Trinajstić information content (AvgIpc) is 3.29. The molecule has 4 rings (SSSR count). The Hall–Kier alpha value is -1.44. The summed E-state index contributed by atoms with van der Waals surface area (Å²) < 4.78 is 6.23. The largest absolute Gasteiger partial charge is 0.394 e. The van der Waals surface area contributed by atoms with Crippen molar-refractivity contribution in [3.8, 4) is 0 Å². The van der Waals surface area contributed by atoms with Crippen molar-refractivity contribution in [1.82, 2.24) is 9.80 Å². The van der Waals surface area contributed by atoms with E-state index in [0.717, 1.165) is 49.1 Å². The molecule has 4 heterocycles. The molecule has 1 atom stereocenters. The summed E-state index contributed by atoms with van der Waals surface area (Å²) in [6.45, 7) is 4.44. The highest BCUT2D eigenvalue weighted by atomic mass is 32.1. The molecule has 0 saturated carbocycles. The van der Waals surface area contributed by atoms with E-state index >= 15 is 0 Å². The van der Waals surface area contributed by atoms with Crippen molar-refractivity contribution in [2.75, 3.05) is 32.8 Å². The average molecular weight is 378 g/mol. The van der Waals surface area contributed by atoms with Gasteiger partial charge in [0.1, 0.15) is 0 Å². The van der Waals surface area contributed by atoms with Crippen LogP contribution in [-0.2, 0) is 21.6 Å². The van der Waals surface area contributed by atoms with Gasteiger partial charge in [-0.1, -0.05) is 0 Å². The van der Waals surface area contributed by atoms with Crippen molar-refractivity contribution in [3.63, 3.8) is 0 Å². The Morgan fingerprint density at radius 2 is 2.12 bits per heavy atom. The number of piperidine rings is 1. The summed E-state index contributed by atoms with van der Waals surface area (Å²) in [6.07, 6.45) is 4.24. The molecule has 1 N–H and O–H groups in total. The number of hydrogen-bond donors (Lipinski definition) is 1. The summed E-state index contributed by atoms with van der Waals surface area (Å²) in [6, 6.07) is 1.98. The quantitative estimate of drug-likeness (QED) is 0.851. The number of hydrogen-bond acceptors (Lipinski definition) is 5. The minimum absolute atomic E-state index is 0.0325. The number of nitrogens with zero attached hydrogens (tertiary/aromatic N) is 2. The van der Waals surface area contributed by atoms with Crippen LogP contribution >= 0.6 is 11.3 Å². The molecule has 0 aliphatic carbocycles. The highest BCUT2D eigenvalue weighted by molar-refractivity contribution is 7.14. The first-order valence-corrected chi connectivity index (χ1v) is 10.3. The maximum absolute atomic E-state index is 13.0. The van der Waals surface area contributed by atoms with E-state index in [4.69, 9.17) is 4.74 Å². The van der Waals surface area contributed by atoms with E-state index in [1.165, 1.54) is 4.88 Å². The predicted molar refractivity (Wildman–Crippen MR) is 98.3 cm³/mol. The van der Waals surface area contributed by atoms with E-state index in [-0.39, 0.29) is 30.1 Å². The van der Waals surface area contributed by atoms with Crippen molar-refractivity contribution in [2.45, 2.75) is 50.7 Å². The second-order valence-corrected chi connectivity index (χ2v) is 8.66. The molecule has 142 valence electrons. The van der Waals surface area contributed by atoms with E-state index in [9.17, 15) is 14.7 Å². The standard InChI is InChI=1S/C19H26N2O4S/c1-13(23)20-8-5-19(6-9-20)15-11-17(26-16(15)4-10-25-19)18(24)21-7-2-3-14(21)12-22/h11,14,22H,2-10,12H2,1H3/t14-/m0/s1. The molecule has 0 radical (unpaired) electrons. The van der Waals surface area contributed by atoms with Crippen LogP contribution in [0.2, 0.25) is 0 Å². The number of aliphatic hydroxyl groups is 1. The number of ether oxygens (including phenoxy) is 1. The van der Waals surface area contributed by atoms with Crippen molar-refractivity contribution < 1.29 is 19.4 Å². The van der Waals surface area contributed by atoms with Crippen molar-refractivity contribution in [1.29, 1.82) is 0 Å². The summed E-state index contributed by atoms with van der Waals surface area (Å²) in [4.78, 5) is 30.3. The van der Waals surface area contributed by atoms with Crippen LogP contribution in [0.4, 0.5) is 0 Å². The van der Waals surface area contributed by atoms with Gasteiger partial charge in [0, 0.05) is 37.9 Å². The van der Waals surface area contributed by atoms with Crippen molar-refractivity contribution in [3.05, 3.63) is 21.4 Å². The van der Waals surface area contributed by atoms with E-state index in [1.54, 1.807) is 18.3 Å². The highest BCUT2D eigenvalue weighted by Crippen LogP contribution is 2.45. The smallest absolute Gasteiger partial charge is 0.264 e. The first kappa shape index (κ1) is 17.9. The number of amides is 2. The van der Waals surface area contributed by atoms with Gasteiger partial charge in [0.05, 0.1) is 29.7 Å². The number of aliphatic hydroxyl groups excluding tert-OH is 1. The molecule has 2 saturated heterocycles. The maximum Gasteiger partial charge on any atom is 0.264 e. The maximum atomic E-state index is 13.0. The molecule has 3 aliphatic rings. The Bertz CT molecular complexity index is 708. The fourth-order valence-electron chi connectivity index (χ4n) is 4.55. The third-order valence-electron chi connectivity index (χ3n) is 6.08. The molecule has 7 heteroatoms. The molecule has 0 unspecified atom stereocenters. The SMILES string of the molecule is CC(=O)N1CCC2(CC1)OCCc1sc(C(=O)N3CCC[C@H]3CO)cc12. The van der Waals surface area contributed by atoms with Gasteiger partial charge >= 0.3 is 0 Å². The molecule has 0 aromatic carbocycles. The van der Waals surface area contributed by atoms with Gasteiger partial charge in [-0.25, -0.2) is 0 Å². The Morgan fingerprint density at radius 3 is 2.81 bits per heavy atom. The number of carbonyl (C=O) groups is 2. The lowest BCUT2D eigenvalue weighted by atomic mass is 9.82. The second-order valence-electron chi connectivity index (χ2n) is 7.52. The highest BCUT2D eigenvalue weighted by Gasteiger charge is 2.43. The van der Waals surface area contributed by atoms with E-state index in [1.807, 2.05) is 15.9 Å². The summed E-state index contributed by atoms with van der Waals surface area (Å²) in [5.74, 6) is 0.151. The van der Waals surface area contributed by atoms with Crippen molar-refractivity contribution >= 4 is 23.2 Å². The zero-order valence-corrected chi connectivity index (χ0v) is 16.0. The van der Waals surface area contributed by atoms with E-state index in [0.29, 0.717) is 19.7 Å². The molecule has 3 aliphatic heterocycles. The molecule has 1 aromatic heterocycles. The lowest BCUT2D eigenvalue weighted by molar-refractivity contribution is -0.138. The molecule has 0 bridgehead atoms.